The molecule has 0 aliphatic heterocycles. The molecule has 0 saturated heterocycles. The normalized spacial score (nSPS) is 12.6. The Hall–Kier alpha value is -3.92. The molecule has 0 bridgehead atoms. The molecular weight excluding hydrogens is 590 g/mol. The molecule has 8 nitrogen and oxygen atoms in total. The Labute approximate surface area is 223 Å². The molecule has 3 aromatic rings. The van der Waals surface area contributed by atoms with Crippen molar-refractivity contribution in [3.05, 3.63) is 83.9 Å². The van der Waals surface area contributed by atoms with Crippen molar-refractivity contribution in [3.63, 3.8) is 0 Å². The Morgan fingerprint density at radius 2 is 0.850 bits per heavy atom. The maximum Gasteiger partial charge on any atom is 0.501 e. The predicted octanol–water partition coefficient (Wildman–Crippen LogP) is 4.64. The second-order valence-electron chi connectivity index (χ2n) is 8.17. The molecule has 0 aromatic heterocycles. The van der Waals surface area contributed by atoms with Gasteiger partial charge >= 0.3 is 11.0 Å². The molecule has 3 aromatic carbocycles. The number of hydrogen-bond donors (Lipinski definition) is 2. The Morgan fingerprint density at radius 3 is 1.12 bits per heavy atom. The number of benzene rings is 3. The zero-order chi connectivity index (χ0) is 29.9. The Bertz CT molecular complexity index is 1500. The van der Waals surface area contributed by atoms with Gasteiger partial charge in [0.05, 0.1) is 22.6 Å². The summed E-state index contributed by atoms with van der Waals surface area (Å²) in [7, 11) is -11.1. The van der Waals surface area contributed by atoms with E-state index in [9.17, 15) is 52.8 Å². The van der Waals surface area contributed by atoms with Gasteiger partial charge in [0.25, 0.3) is 19.7 Å². The van der Waals surface area contributed by atoms with Crippen LogP contribution in [0, 0.1) is 0 Å². The number of sulfone groups is 2. The lowest BCUT2D eigenvalue weighted by molar-refractivity contribution is -0.116. The molecule has 214 valence electrons. The van der Waals surface area contributed by atoms with Gasteiger partial charge in [0.15, 0.2) is 0 Å². The molecule has 0 spiro atoms. The van der Waals surface area contributed by atoms with Crippen molar-refractivity contribution in [1.82, 2.24) is 0 Å². The minimum absolute atomic E-state index is 0.0253. The quantitative estimate of drug-likeness (QED) is 0.359. The summed E-state index contributed by atoms with van der Waals surface area (Å²) in [6, 6.07) is 13.0. The number of carbonyl (C=O) groups excluding carboxylic acids is 2. The van der Waals surface area contributed by atoms with Crippen LogP contribution in [0.5, 0.6) is 0 Å². The highest BCUT2D eigenvalue weighted by molar-refractivity contribution is 7.92. The van der Waals surface area contributed by atoms with Crippen LogP contribution in [0.25, 0.3) is 0 Å². The minimum atomic E-state index is -5.55. The van der Waals surface area contributed by atoms with Crippen molar-refractivity contribution in [2.75, 3.05) is 10.6 Å². The van der Waals surface area contributed by atoms with Gasteiger partial charge in [-0.25, -0.2) is 16.8 Å². The molecule has 0 unspecified atom stereocenters. The first-order valence-electron chi connectivity index (χ1n) is 10.9. The number of anilines is 2. The monoisotopic (exact) mass is 608 g/mol. The fourth-order valence-electron chi connectivity index (χ4n) is 3.36. The summed E-state index contributed by atoms with van der Waals surface area (Å²) in [5.41, 5.74) is -10.1. The van der Waals surface area contributed by atoms with E-state index in [1.807, 2.05) is 0 Å². The lowest BCUT2D eigenvalue weighted by atomic mass is 10.0. The first kappa shape index (κ1) is 30.6. The van der Waals surface area contributed by atoms with Gasteiger partial charge in [0.1, 0.15) is 0 Å². The van der Waals surface area contributed by atoms with Crippen LogP contribution in [0.3, 0.4) is 0 Å². The van der Waals surface area contributed by atoms with Gasteiger partial charge in [-0.3, -0.25) is 9.59 Å². The fourth-order valence-corrected chi connectivity index (χ4v) is 4.88. The first-order chi connectivity index (χ1) is 18.4. The SMILES string of the molecule is O=C(Cc1ccccc1CC(=O)Nc1ccc(S(=O)(=O)C(F)(F)F)cc1)Nc1ccc(S(=O)(=O)C(F)(F)F)cc1. The zero-order valence-corrected chi connectivity index (χ0v) is 21.5. The number of nitrogens with one attached hydrogen (secondary N) is 2. The van der Waals surface area contributed by atoms with Crippen LogP contribution >= 0.6 is 0 Å². The summed E-state index contributed by atoms with van der Waals surface area (Å²) < 4.78 is 122. The van der Waals surface area contributed by atoms with Crippen molar-refractivity contribution in [2.45, 2.75) is 33.6 Å². The molecule has 0 fully saturated rings. The van der Waals surface area contributed by atoms with Gasteiger partial charge in [-0.15, -0.1) is 0 Å². The standard InChI is InChI=1S/C24H18F6N2O6S2/c25-23(26,27)39(35,36)19-9-5-17(6-10-19)31-21(33)13-15-3-1-2-4-16(15)14-22(34)32-18-7-11-20(12-8-18)40(37,38)24(28,29)30/h1-12H,13-14H2,(H,31,33)(H,32,34). The highest BCUT2D eigenvalue weighted by Crippen LogP contribution is 2.31. The maximum absolute atomic E-state index is 12.7. The molecular formula is C24H18F6N2O6S2. The van der Waals surface area contributed by atoms with E-state index in [1.54, 1.807) is 12.1 Å². The zero-order valence-electron chi connectivity index (χ0n) is 19.9. The van der Waals surface area contributed by atoms with Crippen LogP contribution < -0.4 is 10.6 Å². The smallest absolute Gasteiger partial charge is 0.326 e. The van der Waals surface area contributed by atoms with Crippen LogP contribution in [0.15, 0.2) is 82.6 Å². The van der Waals surface area contributed by atoms with E-state index >= 15 is 0 Å². The molecule has 0 heterocycles. The Kier molecular flexibility index (Phi) is 8.64. The topological polar surface area (TPSA) is 126 Å². The molecule has 3 rings (SSSR count). The highest BCUT2D eigenvalue weighted by atomic mass is 32.2. The van der Waals surface area contributed by atoms with Crippen molar-refractivity contribution >= 4 is 42.9 Å². The molecule has 0 atom stereocenters. The van der Waals surface area contributed by atoms with Crippen LogP contribution in [0.1, 0.15) is 11.1 Å². The van der Waals surface area contributed by atoms with E-state index in [4.69, 9.17) is 0 Å². The van der Waals surface area contributed by atoms with Crippen molar-refractivity contribution in [3.8, 4) is 0 Å². The second-order valence-corrected chi connectivity index (χ2v) is 12.0. The van der Waals surface area contributed by atoms with Gasteiger partial charge in [-0.2, -0.15) is 26.3 Å². The molecule has 2 amide bonds. The minimum Gasteiger partial charge on any atom is -0.326 e. The van der Waals surface area contributed by atoms with Gasteiger partial charge in [-0.1, -0.05) is 24.3 Å². The average molecular weight is 609 g/mol. The van der Waals surface area contributed by atoms with Crippen LogP contribution in [0.4, 0.5) is 37.7 Å². The van der Waals surface area contributed by atoms with E-state index in [-0.39, 0.29) is 24.2 Å². The van der Waals surface area contributed by atoms with Gasteiger partial charge in [0.2, 0.25) is 11.8 Å². The van der Waals surface area contributed by atoms with Gasteiger partial charge in [-0.05, 0) is 59.7 Å². The number of amides is 2. The number of halogens is 6. The van der Waals surface area contributed by atoms with E-state index in [0.717, 1.165) is 24.3 Å². The largest absolute Gasteiger partial charge is 0.501 e. The average Bonchev–Trinajstić information content (AvgIpc) is 2.84. The Morgan fingerprint density at radius 1 is 0.550 bits per heavy atom. The number of alkyl halides is 6. The first-order valence-corrected chi connectivity index (χ1v) is 13.9. The lowest BCUT2D eigenvalue weighted by Gasteiger charge is -2.12. The maximum atomic E-state index is 12.7. The summed E-state index contributed by atoms with van der Waals surface area (Å²) in [5, 5.41) is 4.82. The van der Waals surface area contributed by atoms with Gasteiger partial charge in [0, 0.05) is 11.4 Å². The lowest BCUT2D eigenvalue weighted by Crippen LogP contribution is -2.23. The van der Waals surface area contributed by atoms with Crippen molar-refractivity contribution in [1.29, 1.82) is 0 Å². The van der Waals surface area contributed by atoms with Crippen LogP contribution in [-0.4, -0.2) is 39.7 Å². The second kappa shape index (κ2) is 11.3. The van der Waals surface area contributed by atoms with E-state index in [2.05, 4.69) is 10.6 Å². The molecule has 16 heteroatoms. The van der Waals surface area contributed by atoms with Crippen LogP contribution in [0.2, 0.25) is 0 Å². The fraction of sp³-hybridized carbons (Fsp3) is 0.167. The molecule has 2 N–H and O–H groups in total. The third-order valence-electron chi connectivity index (χ3n) is 5.33. The number of rotatable bonds is 8. The third-order valence-corrected chi connectivity index (χ3v) is 8.33. The number of hydrogen-bond acceptors (Lipinski definition) is 6. The molecule has 0 aliphatic rings. The summed E-state index contributed by atoms with van der Waals surface area (Å²) in [6.45, 7) is 0. The van der Waals surface area contributed by atoms with E-state index < -0.39 is 52.3 Å². The number of carbonyl (C=O) groups is 2. The van der Waals surface area contributed by atoms with E-state index in [1.165, 1.54) is 12.1 Å². The third kappa shape index (κ3) is 6.98. The predicted molar refractivity (Wildman–Crippen MR) is 130 cm³/mol. The highest BCUT2D eigenvalue weighted by Gasteiger charge is 2.47. The molecule has 0 radical (unpaired) electrons. The van der Waals surface area contributed by atoms with Gasteiger partial charge < -0.3 is 10.6 Å². The molecule has 0 aliphatic carbocycles. The summed E-state index contributed by atoms with van der Waals surface area (Å²) in [6.07, 6.45) is -0.536. The Balaban J connectivity index is 1.65. The molecule has 40 heavy (non-hydrogen) atoms. The van der Waals surface area contributed by atoms with Crippen molar-refractivity contribution in [2.24, 2.45) is 0 Å². The molecule has 0 saturated carbocycles. The van der Waals surface area contributed by atoms with E-state index in [0.29, 0.717) is 35.4 Å². The van der Waals surface area contributed by atoms with Crippen LogP contribution in [-0.2, 0) is 42.1 Å². The summed E-state index contributed by atoms with van der Waals surface area (Å²) in [4.78, 5) is 23.0. The summed E-state index contributed by atoms with van der Waals surface area (Å²) >= 11 is 0. The summed E-state index contributed by atoms with van der Waals surface area (Å²) in [5.74, 6) is -1.25. The van der Waals surface area contributed by atoms with Crippen molar-refractivity contribution < 1.29 is 52.8 Å².